The van der Waals surface area contributed by atoms with Crippen LogP contribution in [-0.2, 0) is 6.54 Å². The van der Waals surface area contributed by atoms with E-state index < -0.39 is 6.36 Å². The molecule has 0 aromatic heterocycles. The van der Waals surface area contributed by atoms with E-state index in [1.807, 2.05) is 7.05 Å². The van der Waals surface area contributed by atoms with Crippen LogP contribution in [0.3, 0.4) is 0 Å². The van der Waals surface area contributed by atoms with Crippen molar-refractivity contribution >= 4 is 5.96 Å². The summed E-state index contributed by atoms with van der Waals surface area (Å²) in [6, 6.07) is 5.99. The van der Waals surface area contributed by atoms with Crippen LogP contribution < -0.4 is 15.8 Å². The third-order valence-corrected chi connectivity index (χ3v) is 3.24. The van der Waals surface area contributed by atoms with Crippen molar-refractivity contribution in [2.75, 3.05) is 20.1 Å². The summed E-state index contributed by atoms with van der Waals surface area (Å²) in [6.07, 6.45) is -4.68. The lowest BCUT2D eigenvalue weighted by Gasteiger charge is -2.20. The van der Waals surface area contributed by atoms with E-state index in [1.165, 1.54) is 24.3 Å². The number of likely N-dealkylation sites (N-methyl/N-ethyl adjacent to an activating group) is 1. The second-order valence-electron chi connectivity index (χ2n) is 5.39. The van der Waals surface area contributed by atoms with Crippen molar-refractivity contribution in [2.24, 2.45) is 10.7 Å². The fourth-order valence-electron chi connectivity index (χ4n) is 1.65. The lowest BCUT2D eigenvalue weighted by Crippen LogP contribution is -2.39. The molecule has 3 N–H and O–H groups in total. The van der Waals surface area contributed by atoms with E-state index in [0.29, 0.717) is 18.5 Å². The minimum Gasteiger partial charge on any atom is -0.406 e. The molecule has 0 atom stereocenters. The molecule has 0 aliphatic carbocycles. The third kappa shape index (κ3) is 8.29. The monoisotopic (exact) mass is 332 g/mol. The quantitative estimate of drug-likeness (QED) is 0.594. The molecule has 8 heteroatoms. The van der Waals surface area contributed by atoms with Crippen LogP contribution in [0.2, 0.25) is 0 Å². The van der Waals surface area contributed by atoms with E-state index in [4.69, 9.17) is 5.73 Å². The highest BCUT2D eigenvalue weighted by Crippen LogP contribution is 2.22. The molecular formula is C15H23F3N4O. The number of benzene rings is 1. The normalized spacial score (nSPS) is 12.8. The van der Waals surface area contributed by atoms with Gasteiger partial charge in [-0.25, -0.2) is 4.99 Å². The predicted octanol–water partition coefficient (Wildman–Crippen LogP) is 2.33. The summed E-state index contributed by atoms with van der Waals surface area (Å²) in [5.41, 5.74) is 6.48. The Hall–Kier alpha value is -1.96. The van der Waals surface area contributed by atoms with E-state index in [-0.39, 0.29) is 12.3 Å². The molecule has 0 aliphatic heterocycles. The summed E-state index contributed by atoms with van der Waals surface area (Å²) in [4.78, 5) is 6.31. The molecule has 0 bridgehead atoms. The first-order valence-corrected chi connectivity index (χ1v) is 7.26. The van der Waals surface area contributed by atoms with Crippen molar-refractivity contribution in [1.82, 2.24) is 10.2 Å². The van der Waals surface area contributed by atoms with Gasteiger partial charge in [0.15, 0.2) is 5.96 Å². The number of hydrogen-bond acceptors (Lipinski definition) is 3. The molecule has 130 valence electrons. The Morgan fingerprint density at radius 1 is 1.30 bits per heavy atom. The number of rotatable bonds is 7. The Balaban J connectivity index is 2.41. The van der Waals surface area contributed by atoms with Crippen LogP contribution in [0.15, 0.2) is 29.3 Å². The molecule has 1 rings (SSSR count). The van der Waals surface area contributed by atoms with Gasteiger partial charge in [0.2, 0.25) is 0 Å². The average Bonchev–Trinajstić information content (AvgIpc) is 2.44. The van der Waals surface area contributed by atoms with E-state index in [0.717, 1.165) is 12.1 Å². The minimum absolute atomic E-state index is 0.256. The molecule has 1 aromatic rings. The van der Waals surface area contributed by atoms with Gasteiger partial charge in [-0.15, -0.1) is 13.2 Å². The predicted molar refractivity (Wildman–Crippen MR) is 84.2 cm³/mol. The lowest BCUT2D eigenvalue weighted by molar-refractivity contribution is -0.274. The minimum atomic E-state index is -4.68. The molecule has 0 spiro atoms. The van der Waals surface area contributed by atoms with E-state index in [2.05, 4.69) is 33.8 Å². The first-order chi connectivity index (χ1) is 10.7. The van der Waals surface area contributed by atoms with Crippen LogP contribution in [0.1, 0.15) is 19.4 Å². The van der Waals surface area contributed by atoms with Gasteiger partial charge in [-0.1, -0.05) is 12.1 Å². The van der Waals surface area contributed by atoms with Crippen LogP contribution in [0.5, 0.6) is 5.75 Å². The zero-order chi connectivity index (χ0) is 17.5. The van der Waals surface area contributed by atoms with Crippen molar-refractivity contribution in [3.63, 3.8) is 0 Å². The van der Waals surface area contributed by atoms with Crippen LogP contribution in [0.4, 0.5) is 13.2 Å². The molecular weight excluding hydrogens is 309 g/mol. The van der Waals surface area contributed by atoms with Gasteiger partial charge in [0, 0.05) is 19.1 Å². The highest BCUT2D eigenvalue weighted by atomic mass is 19.4. The molecule has 0 amide bonds. The highest BCUT2D eigenvalue weighted by Gasteiger charge is 2.30. The average molecular weight is 332 g/mol. The van der Waals surface area contributed by atoms with Crippen molar-refractivity contribution in [1.29, 1.82) is 0 Å². The van der Waals surface area contributed by atoms with Gasteiger partial charge >= 0.3 is 6.36 Å². The van der Waals surface area contributed by atoms with Crippen molar-refractivity contribution in [3.8, 4) is 5.75 Å². The molecule has 0 unspecified atom stereocenters. The second kappa shape index (κ2) is 8.61. The SMILES string of the molecule is CC(C)N(C)CCNC(N)=NCc1ccc(OC(F)(F)F)cc1. The Bertz CT molecular complexity index is 500. The van der Waals surface area contributed by atoms with Gasteiger partial charge in [-0.2, -0.15) is 0 Å². The van der Waals surface area contributed by atoms with Crippen molar-refractivity contribution < 1.29 is 17.9 Å². The number of hydrogen-bond donors (Lipinski definition) is 2. The summed E-state index contributed by atoms with van der Waals surface area (Å²) in [6.45, 7) is 5.98. The smallest absolute Gasteiger partial charge is 0.406 e. The zero-order valence-corrected chi connectivity index (χ0v) is 13.5. The molecule has 0 aliphatic rings. The van der Waals surface area contributed by atoms with Crippen LogP contribution >= 0.6 is 0 Å². The number of ether oxygens (including phenoxy) is 1. The standard InChI is InChI=1S/C15H23F3N4O/c1-11(2)22(3)9-8-20-14(19)21-10-12-4-6-13(7-5-12)23-15(16,17)18/h4-7,11H,8-10H2,1-3H3,(H3,19,20,21). The molecule has 0 heterocycles. The number of guanidine groups is 1. The Morgan fingerprint density at radius 3 is 2.43 bits per heavy atom. The van der Waals surface area contributed by atoms with Gasteiger partial charge in [0.25, 0.3) is 0 Å². The van der Waals surface area contributed by atoms with E-state index in [9.17, 15) is 13.2 Å². The summed E-state index contributed by atoms with van der Waals surface area (Å²) in [5.74, 6) is 0.0471. The lowest BCUT2D eigenvalue weighted by atomic mass is 10.2. The molecule has 23 heavy (non-hydrogen) atoms. The van der Waals surface area contributed by atoms with E-state index >= 15 is 0 Å². The molecule has 0 saturated heterocycles. The maximum Gasteiger partial charge on any atom is 0.573 e. The van der Waals surface area contributed by atoms with E-state index in [1.54, 1.807) is 0 Å². The van der Waals surface area contributed by atoms with Crippen molar-refractivity contribution in [3.05, 3.63) is 29.8 Å². The number of nitrogens with zero attached hydrogens (tertiary/aromatic N) is 2. The largest absolute Gasteiger partial charge is 0.573 e. The molecule has 0 saturated carbocycles. The molecule has 0 fully saturated rings. The summed E-state index contributed by atoms with van der Waals surface area (Å²) >= 11 is 0. The first kappa shape index (κ1) is 19.1. The fourth-order valence-corrected chi connectivity index (χ4v) is 1.65. The Morgan fingerprint density at radius 2 is 1.91 bits per heavy atom. The molecule has 0 radical (unpaired) electrons. The van der Waals surface area contributed by atoms with Gasteiger partial charge < -0.3 is 20.7 Å². The number of nitrogens with one attached hydrogen (secondary N) is 1. The number of aliphatic imine (C=N–C) groups is 1. The Kier molecular flexibility index (Phi) is 7.15. The van der Waals surface area contributed by atoms with Crippen LogP contribution in [0, 0.1) is 0 Å². The van der Waals surface area contributed by atoms with Crippen LogP contribution in [0.25, 0.3) is 0 Å². The number of alkyl halides is 3. The van der Waals surface area contributed by atoms with Crippen LogP contribution in [-0.4, -0.2) is 43.4 Å². The molecule has 1 aromatic carbocycles. The highest BCUT2D eigenvalue weighted by molar-refractivity contribution is 5.77. The fraction of sp³-hybridized carbons (Fsp3) is 0.533. The van der Waals surface area contributed by atoms with Gasteiger partial charge in [-0.3, -0.25) is 0 Å². The third-order valence-electron chi connectivity index (χ3n) is 3.24. The van der Waals surface area contributed by atoms with Gasteiger partial charge in [0.1, 0.15) is 5.75 Å². The summed E-state index contributed by atoms with van der Waals surface area (Å²) in [7, 11) is 2.02. The number of halogens is 3. The Labute approximate surface area is 134 Å². The zero-order valence-electron chi connectivity index (χ0n) is 13.5. The molecule has 5 nitrogen and oxygen atoms in total. The summed E-state index contributed by atoms with van der Waals surface area (Å²) in [5, 5.41) is 2.99. The maximum absolute atomic E-state index is 12.0. The number of nitrogens with two attached hydrogens (primary N) is 1. The van der Waals surface area contributed by atoms with Gasteiger partial charge in [-0.05, 0) is 38.6 Å². The maximum atomic E-state index is 12.0. The first-order valence-electron chi connectivity index (χ1n) is 7.26. The topological polar surface area (TPSA) is 62.9 Å². The summed E-state index contributed by atoms with van der Waals surface area (Å²) < 4.78 is 39.9. The van der Waals surface area contributed by atoms with Crippen molar-refractivity contribution in [2.45, 2.75) is 32.8 Å². The van der Waals surface area contributed by atoms with Gasteiger partial charge in [0.05, 0.1) is 6.54 Å². The second-order valence-corrected chi connectivity index (χ2v) is 5.39.